The van der Waals surface area contributed by atoms with E-state index in [1.54, 1.807) is 0 Å². The van der Waals surface area contributed by atoms with Crippen LogP contribution in [-0.2, 0) is 5.41 Å². The minimum atomic E-state index is -0.455. The van der Waals surface area contributed by atoms with Crippen molar-refractivity contribution in [2.45, 2.75) is 50.9 Å². The van der Waals surface area contributed by atoms with Crippen molar-refractivity contribution in [2.75, 3.05) is 4.90 Å². The second-order valence-corrected chi connectivity index (χ2v) is 19.3. The molecule has 0 aliphatic heterocycles. The minimum Gasteiger partial charge on any atom is -0.310 e. The summed E-state index contributed by atoms with van der Waals surface area (Å²) in [7, 11) is 0. The van der Waals surface area contributed by atoms with Gasteiger partial charge in [-0.25, -0.2) is 0 Å². The molecule has 4 aliphatic rings. The van der Waals surface area contributed by atoms with Gasteiger partial charge in [0.25, 0.3) is 0 Å². The Kier molecular flexibility index (Phi) is 8.79. The highest BCUT2D eigenvalue weighted by molar-refractivity contribution is 5.98. The van der Waals surface area contributed by atoms with Crippen molar-refractivity contribution in [3.63, 3.8) is 0 Å². The summed E-state index contributed by atoms with van der Waals surface area (Å²) >= 11 is 0. The molecule has 0 saturated heterocycles. The third-order valence-electron chi connectivity index (χ3n) is 15.7. The number of aryl methyl sites for hydroxylation is 2. The van der Waals surface area contributed by atoms with Crippen LogP contribution in [0.25, 0.3) is 55.6 Å². The van der Waals surface area contributed by atoms with E-state index in [0.717, 1.165) is 34.8 Å². The molecule has 9 aromatic carbocycles. The van der Waals surface area contributed by atoms with Gasteiger partial charge in [0.15, 0.2) is 0 Å². The zero-order valence-electron chi connectivity index (χ0n) is 37.1. The largest absolute Gasteiger partial charge is 0.310 e. The van der Waals surface area contributed by atoms with Crippen molar-refractivity contribution in [1.29, 1.82) is 0 Å². The monoisotopic (exact) mass is 833 g/mol. The molecule has 2 saturated carbocycles. The molecule has 312 valence electrons. The lowest BCUT2D eigenvalue weighted by atomic mass is 9.70. The molecule has 13 rings (SSSR count). The van der Waals surface area contributed by atoms with Gasteiger partial charge in [0.1, 0.15) is 0 Å². The van der Waals surface area contributed by atoms with Crippen molar-refractivity contribution in [3.8, 4) is 55.6 Å². The molecule has 2 fully saturated rings. The van der Waals surface area contributed by atoms with Crippen molar-refractivity contribution in [2.24, 2.45) is 11.8 Å². The highest BCUT2D eigenvalue weighted by atomic mass is 15.1. The Morgan fingerprint density at radius 3 is 1.58 bits per heavy atom. The predicted molar refractivity (Wildman–Crippen MR) is 271 cm³/mol. The van der Waals surface area contributed by atoms with Gasteiger partial charge in [0.2, 0.25) is 0 Å². The van der Waals surface area contributed by atoms with E-state index in [4.69, 9.17) is 0 Å². The summed E-state index contributed by atoms with van der Waals surface area (Å²) in [6.07, 6.45) is 5.66. The van der Waals surface area contributed by atoms with Crippen molar-refractivity contribution >= 4 is 17.1 Å². The lowest BCUT2D eigenvalue weighted by molar-refractivity contribution is 0.420. The molecule has 1 heteroatoms. The van der Waals surface area contributed by atoms with Crippen LogP contribution < -0.4 is 4.90 Å². The van der Waals surface area contributed by atoms with Crippen molar-refractivity contribution in [1.82, 2.24) is 0 Å². The summed E-state index contributed by atoms with van der Waals surface area (Å²) in [6.45, 7) is 4.48. The topological polar surface area (TPSA) is 3.24 Å². The fraction of sp³-hybridized carbons (Fsp3) is 0.156. The third kappa shape index (κ3) is 5.91. The Morgan fingerprint density at radius 2 is 0.923 bits per heavy atom. The highest BCUT2D eigenvalue weighted by Crippen LogP contribution is 2.64. The van der Waals surface area contributed by atoms with E-state index < -0.39 is 5.41 Å². The first-order chi connectivity index (χ1) is 32.0. The summed E-state index contributed by atoms with van der Waals surface area (Å²) in [4.78, 5) is 2.51. The number of anilines is 3. The SMILES string of the molecule is Cc1ccc2c(c1)C1(c3ccccc3-c3ccc(N(c4ccc(-c5ccc(C6CC7CCC6C7)cc5)cc4)c4ccccc4-c4ccccc4-c4ccccc4)cc31)c1cc(C)ccc1-2. The quantitative estimate of drug-likeness (QED) is 0.155. The van der Waals surface area contributed by atoms with Crippen LogP contribution >= 0.6 is 0 Å². The molecule has 65 heavy (non-hydrogen) atoms. The predicted octanol–water partition coefficient (Wildman–Crippen LogP) is 17.0. The van der Waals surface area contributed by atoms with E-state index in [1.165, 1.54) is 120 Å². The summed E-state index contributed by atoms with van der Waals surface area (Å²) in [6, 6.07) is 78.2. The first-order valence-corrected chi connectivity index (χ1v) is 23.7. The lowest BCUT2D eigenvalue weighted by Gasteiger charge is -2.33. The molecule has 9 aromatic rings. The van der Waals surface area contributed by atoms with Gasteiger partial charge in [-0.1, -0.05) is 193 Å². The maximum atomic E-state index is 2.53. The Labute approximate surface area is 383 Å². The van der Waals surface area contributed by atoms with Crippen LogP contribution in [0.5, 0.6) is 0 Å². The van der Waals surface area contributed by atoms with E-state index in [2.05, 4.69) is 225 Å². The Morgan fingerprint density at radius 1 is 0.385 bits per heavy atom. The molecule has 4 aliphatic carbocycles. The van der Waals surface area contributed by atoms with E-state index >= 15 is 0 Å². The average molecular weight is 834 g/mol. The van der Waals surface area contributed by atoms with E-state index in [0.29, 0.717) is 0 Å². The van der Waals surface area contributed by atoms with Gasteiger partial charge in [-0.05, 0) is 159 Å². The van der Waals surface area contributed by atoms with Crippen LogP contribution in [0.15, 0.2) is 206 Å². The summed E-state index contributed by atoms with van der Waals surface area (Å²) < 4.78 is 0. The summed E-state index contributed by atoms with van der Waals surface area (Å²) in [5, 5.41) is 0. The van der Waals surface area contributed by atoms with Gasteiger partial charge in [0, 0.05) is 16.9 Å². The maximum absolute atomic E-state index is 2.53. The molecule has 2 bridgehead atoms. The molecule has 0 heterocycles. The molecule has 0 aromatic heterocycles. The second-order valence-electron chi connectivity index (χ2n) is 19.3. The Bertz CT molecular complexity index is 3250. The number of hydrogen-bond donors (Lipinski definition) is 0. The zero-order chi connectivity index (χ0) is 43.2. The molecule has 3 atom stereocenters. The molecular weight excluding hydrogens is 783 g/mol. The van der Waals surface area contributed by atoms with Crippen LogP contribution in [0.4, 0.5) is 17.1 Å². The second kappa shape index (κ2) is 14.9. The number of rotatable bonds is 7. The molecule has 1 spiro atoms. The van der Waals surface area contributed by atoms with Crippen LogP contribution in [0.2, 0.25) is 0 Å². The van der Waals surface area contributed by atoms with E-state index in [1.807, 2.05) is 0 Å². The number of benzene rings is 9. The van der Waals surface area contributed by atoms with E-state index in [9.17, 15) is 0 Å². The number of hydrogen-bond acceptors (Lipinski definition) is 1. The molecule has 1 nitrogen and oxygen atoms in total. The van der Waals surface area contributed by atoms with Gasteiger partial charge in [-0.3, -0.25) is 0 Å². The third-order valence-corrected chi connectivity index (χ3v) is 15.7. The molecule has 0 radical (unpaired) electrons. The molecule has 3 unspecified atom stereocenters. The van der Waals surface area contributed by atoms with Gasteiger partial charge >= 0.3 is 0 Å². The van der Waals surface area contributed by atoms with Gasteiger partial charge in [0.05, 0.1) is 11.1 Å². The smallest absolute Gasteiger partial charge is 0.0726 e. The molecule has 0 N–H and O–H groups in total. The Balaban J connectivity index is 1.00. The fourth-order valence-electron chi connectivity index (χ4n) is 12.8. The normalized spacial score (nSPS) is 18.0. The van der Waals surface area contributed by atoms with Crippen molar-refractivity contribution < 1.29 is 0 Å². The maximum Gasteiger partial charge on any atom is 0.0726 e. The Hall–Kier alpha value is -7.22. The number of para-hydroxylation sites is 1. The van der Waals surface area contributed by atoms with Gasteiger partial charge < -0.3 is 4.90 Å². The van der Waals surface area contributed by atoms with Gasteiger partial charge in [-0.15, -0.1) is 0 Å². The number of fused-ring (bicyclic) bond motifs is 12. The van der Waals surface area contributed by atoms with Crippen LogP contribution in [-0.4, -0.2) is 0 Å². The highest BCUT2D eigenvalue weighted by Gasteiger charge is 2.52. The van der Waals surface area contributed by atoms with Gasteiger partial charge in [-0.2, -0.15) is 0 Å². The standard InChI is InChI=1S/C64H51N/c1-41-20-33-54-55-34-21-42(2)37-61(55)64(60(54)36-41)59-18-10-8-16-53(59)56-35-32-50(40-62(56)64)65(63-19-11-9-17-57(63)52-15-7-6-14-51(52)46-12-4-3-5-13-46)49-30-28-45(29-31-49)44-24-26-47(27-25-44)58-39-43-22-23-48(58)38-43/h3-21,24-37,40,43,48,58H,22-23,38-39H2,1-2H3. The van der Waals surface area contributed by atoms with Crippen LogP contribution in [0.1, 0.15) is 70.5 Å². The van der Waals surface area contributed by atoms with Crippen LogP contribution in [0.3, 0.4) is 0 Å². The fourth-order valence-corrected chi connectivity index (χ4v) is 12.8. The van der Waals surface area contributed by atoms with E-state index in [-0.39, 0.29) is 0 Å². The van der Waals surface area contributed by atoms with Crippen LogP contribution in [0, 0.1) is 25.7 Å². The zero-order valence-corrected chi connectivity index (χ0v) is 37.1. The first kappa shape index (κ1) is 38.3. The molecular formula is C64H51N. The first-order valence-electron chi connectivity index (χ1n) is 23.7. The lowest BCUT2D eigenvalue weighted by Crippen LogP contribution is -2.26. The molecule has 0 amide bonds. The summed E-state index contributed by atoms with van der Waals surface area (Å²) in [5.74, 6) is 2.57. The number of nitrogens with zero attached hydrogens (tertiary/aromatic N) is 1. The van der Waals surface area contributed by atoms with Crippen molar-refractivity contribution in [3.05, 3.63) is 245 Å². The summed E-state index contributed by atoms with van der Waals surface area (Å²) in [5.41, 5.74) is 25.1. The minimum absolute atomic E-state index is 0.455. The average Bonchev–Trinajstić information content (AvgIpc) is 4.13.